The van der Waals surface area contributed by atoms with E-state index in [1.807, 2.05) is 0 Å². The molecule has 0 spiro atoms. The van der Waals surface area contributed by atoms with Gasteiger partial charge in [0.2, 0.25) is 0 Å². The van der Waals surface area contributed by atoms with Gasteiger partial charge in [-0.3, -0.25) is 0 Å². The maximum Gasteiger partial charge on any atom is 0.0177 e. The van der Waals surface area contributed by atoms with Gasteiger partial charge in [0.1, 0.15) is 0 Å². The second kappa shape index (κ2) is 9.88. The molecule has 5 nitrogen and oxygen atoms in total. The van der Waals surface area contributed by atoms with Crippen LogP contribution >= 0.6 is 0 Å². The number of hydrogen-bond acceptors (Lipinski definition) is 5. The molecule has 0 aromatic carbocycles. The van der Waals surface area contributed by atoms with Gasteiger partial charge in [-0.1, -0.05) is 0 Å². The van der Waals surface area contributed by atoms with Crippen molar-refractivity contribution in [3.63, 3.8) is 0 Å². The van der Waals surface area contributed by atoms with E-state index in [2.05, 4.69) is 10.6 Å². The van der Waals surface area contributed by atoms with Crippen LogP contribution < -0.4 is 27.8 Å². The van der Waals surface area contributed by atoms with Crippen molar-refractivity contribution < 1.29 is 0 Å². The summed E-state index contributed by atoms with van der Waals surface area (Å²) in [6.07, 6.45) is 0.878. The molecule has 0 aliphatic rings. The standard InChI is InChI=1S/C8H23N5/c9-2-1-8(11)7-13-6-5-12-4-3-10/h8,12-13H,1-7,9-11H2. The molecule has 1 atom stereocenters. The largest absolute Gasteiger partial charge is 0.330 e. The summed E-state index contributed by atoms with van der Waals surface area (Å²) in [5, 5.41) is 6.43. The van der Waals surface area contributed by atoms with Crippen molar-refractivity contribution in [3.05, 3.63) is 0 Å². The molecule has 0 aliphatic carbocycles. The summed E-state index contributed by atoms with van der Waals surface area (Å²) in [7, 11) is 0. The third-order valence-electron chi connectivity index (χ3n) is 1.74. The predicted octanol–water partition coefficient (Wildman–Crippen LogP) is -2.20. The van der Waals surface area contributed by atoms with Crippen LogP contribution in [0.15, 0.2) is 0 Å². The van der Waals surface area contributed by atoms with E-state index in [0.717, 1.165) is 32.6 Å². The summed E-state index contributed by atoms with van der Waals surface area (Å²) in [4.78, 5) is 0. The van der Waals surface area contributed by atoms with Crippen LogP contribution in [0.3, 0.4) is 0 Å². The fraction of sp³-hybridized carbons (Fsp3) is 1.00. The average Bonchev–Trinajstić information content (AvgIpc) is 2.11. The van der Waals surface area contributed by atoms with E-state index in [1.165, 1.54) is 0 Å². The molecule has 0 saturated heterocycles. The highest BCUT2D eigenvalue weighted by atomic mass is 15.0. The van der Waals surface area contributed by atoms with Crippen LogP contribution in [-0.4, -0.2) is 45.3 Å². The number of nitrogens with two attached hydrogens (primary N) is 3. The van der Waals surface area contributed by atoms with Crippen molar-refractivity contribution in [2.45, 2.75) is 12.5 Å². The Balaban J connectivity index is 2.97. The Morgan fingerprint density at radius 2 is 1.62 bits per heavy atom. The lowest BCUT2D eigenvalue weighted by Crippen LogP contribution is -2.38. The van der Waals surface area contributed by atoms with E-state index >= 15 is 0 Å². The minimum atomic E-state index is 0.180. The zero-order chi connectivity index (χ0) is 9.94. The maximum absolute atomic E-state index is 5.74. The van der Waals surface area contributed by atoms with Crippen LogP contribution in [-0.2, 0) is 0 Å². The maximum atomic E-state index is 5.74. The Labute approximate surface area is 80.4 Å². The highest BCUT2D eigenvalue weighted by Gasteiger charge is 1.98. The average molecular weight is 189 g/mol. The lowest BCUT2D eigenvalue weighted by Gasteiger charge is -2.11. The lowest BCUT2D eigenvalue weighted by molar-refractivity contribution is 0.537. The smallest absolute Gasteiger partial charge is 0.0177 e. The molecule has 0 amide bonds. The van der Waals surface area contributed by atoms with Gasteiger partial charge in [0, 0.05) is 38.8 Å². The molecular weight excluding hydrogens is 166 g/mol. The third kappa shape index (κ3) is 9.72. The van der Waals surface area contributed by atoms with Gasteiger partial charge in [0.25, 0.3) is 0 Å². The minimum Gasteiger partial charge on any atom is -0.330 e. The van der Waals surface area contributed by atoms with Gasteiger partial charge in [0.15, 0.2) is 0 Å². The van der Waals surface area contributed by atoms with Crippen LogP contribution in [0.5, 0.6) is 0 Å². The Kier molecular flexibility index (Phi) is 9.73. The summed E-state index contributed by atoms with van der Waals surface area (Å²) in [6.45, 7) is 4.92. The Morgan fingerprint density at radius 3 is 2.23 bits per heavy atom. The molecule has 1 unspecified atom stereocenters. The van der Waals surface area contributed by atoms with Gasteiger partial charge in [-0.2, -0.15) is 0 Å². The van der Waals surface area contributed by atoms with E-state index in [1.54, 1.807) is 0 Å². The molecule has 0 heterocycles. The molecule has 0 aliphatic heterocycles. The van der Waals surface area contributed by atoms with Crippen molar-refractivity contribution in [2.24, 2.45) is 17.2 Å². The molecule has 0 rings (SSSR count). The lowest BCUT2D eigenvalue weighted by atomic mass is 10.2. The molecule has 5 heteroatoms. The van der Waals surface area contributed by atoms with Crippen molar-refractivity contribution in [1.82, 2.24) is 10.6 Å². The Hall–Kier alpha value is -0.200. The van der Waals surface area contributed by atoms with Crippen LogP contribution in [0.2, 0.25) is 0 Å². The van der Waals surface area contributed by atoms with Crippen molar-refractivity contribution in [1.29, 1.82) is 0 Å². The number of rotatable bonds is 9. The quantitative estimate of drug-likeness (QED) is 0.265. The van der Waals surface area contributed by atoms with E-state index < -0.39 is 0 Å². The SMILES string of the molecule is NCCNCCNCC(N)CCN. The van der Waals surface area contributed by atoms with Gasteiger partial charge >= 0.3 is 0 Å². The molecule has 8 N–H and O–H groups in total. The molecule has 0 aromatic heterocycles. The molecule has 0 saturated carbocycles. The molecule has 0 fully saturated rings. The highest BCUT2D eigenvalue weighted by Crippen LogP contribution is 1.81. The molecule has 0 bridgehead atoms. The van der Waals surface area contributed by atoms with Gasteiger partial charge in [0.05, 0.1) is 0 Å². The van der Waals surface area contributed by atoms with Gasteiger partial charge in [-0.15, -0.1) is 0 Å². The summed E-state index contributed by atoms with van der Waals surface area (Å²) >= 11 is 0. The summed E-state index contributed by atoms with van der Waals surface area (Å²) < 4.78 is 0. The van der Waals surface area contributed by atoms with E-state index in [-0.39, 0.29) is 6.04 Å². The zero-order valence-electron chi connectivity index (χ0n) is 8.26. The first-order valence-electron chi connectivity index (χ1n) is 4.88. The highest BCUT2D eigenvalue weighted by molar-refractivity contribution is 4.65. The molecule has 0 radical (unpaired) electrons. The summed E-state index contributed by atoms with van der Waals surface area (Å²) in [6, 6.07) is 0.180. The number of nitrogens with one attached hydrogen (secondary N) is 2. The predicted molar refractivity (Wildman–Crippen MR) is 56.4 cm³/mol. The van der Waals surface area contributed by atoms with Crippen LogP contribution in [0, 0.1) is 0 Å². The first-order valence-corrected chi connectivity index (χ1v) is 4.88. The molecular formula is C8H23N5. The van der Waals surface area contributed by atoms with Crippen molar-refractivity contribution >= 4 is 0 Å². The van der Waals surface area contributed by atoms with Crippen molar-refractivity contribution in [3.8, 4) is 0 Å². The monoisotopic (exact) mass is 189 g/mol. The van der Waals surface area contributed by atoms with Crippen LogP contribution in [0.1, 0.15) is 6.42 Å². The first-order chi connectivity index (χ1) is 6.31. The fourth-order valence-corrected chi connectivity index (χ4v) is 1.01. The second-order valence-electron chi connectivity index (χ2n) is 3.08. The van der Waals surface area contributed by atoms with E-state index in [4.69, 9.17) is 17.2 Å². The summed E-state index contributed by atoms with van der Waals surface area (Å²) in [5.41, 5.74) is 16.4. The summed E-state index contributed by atoms with van der Waals surface area (Å²) in [5.74, 6) is 0. The Bertz CT molecular complexity index is 98.5. The van der Waals surface area contributed by atoms with Crippen LogP contribution in [0.4, 0.5) is 0 Å². The molecule has 13 heavy (non-hydrogen) atoms. The van der Waals surface area contributed by atoms with E-state index in [9.17, 15) is 0 Å². The van der Waals surface area contributed by atoms with Crippen molar-refractivity contribution in [2.75, 3.05) is 39.3 Å². The van der Waals surface area contributed by atoms with Gasteiger partial charge < -0.3 is 27.8 Å². The zero-order valence-corrected chi connectivity index (χ0v) is 8.26. The second-order valence-corrected chi connectivity index (χ2v) is 3.08. The fourth-order valence-electron chi connectivity index (χ4n) is 1.01. The van der Waals surface area contributed by atoms with Gasteiger partial charge in [-0.05, 0) is 13.0 Å². The topological polar surface area (TPSA) is 102 Å². The van der Waals surface area contributed by atoms with Gasteiger partial charge in [-0.25, -0.2) is 0 Å². The minimum absolute atomic E-state index is 0.180. The van der Waals surface area contributed by atoms with Crippen LogP contribution in [0.25, 0.3) is 0 Å². The first kappa shape index (κ1) is 12.8. The Morgan fingerprint density at radius 1 is 0.923 bits per heavy atom. The number of hydrogen-bond donors (Lipinski definition) is 5. The third-order valence-corrected chi connectivity index (χ3v) is 1.74. The molecule has 80 valence electrons. The van der Waals surface area contributed by atoms with E-state index in [0.29, 0.717) is 13.1 Å². The molecule has 0 aromatic rings. The normalized spacial score (nSPS) is 13.2.